The Hall–Kier alpha value is -2.25. The summed E-state index contributed by atoms with van der Waals surface area (Å²) < 4.78 is 13.3. The Labute approximate surface area is 144 Å². The zero-order chi connectivity index (χ0) is 17.8. The average Bonchev–Trinajstić information content (AvgIpc) is 2.60. The number of H-pyrrole nitrogens is 1. The molecule has 1 amide bonds. The Morgan fingerprint density at radius 2 is 2.20 bits per heavy atom. The first-order valence-corrected chi connectivity index (χ1v) is 8.54. The highest BCUT2D eigenvalue weighted by Gasteiger charge is 2.21. The number of carbonyl (C=O) groups excluding carboxylic acids is 1. The molecule has 1 aliphatic heterocycles. The van der Waals surface area contributed by atoms with Gasteiger partial charge in [0.15, 0.2) is 0 Å². The van der Waals surface area contributed by atoms with Gasteiger partial charge in [-0.2, -0.15) is 0 Å². The minimum atomic E-state index is -0.471. The molecule has 1 aliphatic rings. The SMILES string of the molecule is O=C(NCCN1CCCCC1CO)c1cc(=O)[nH]c2cc(F)ccc12. The number of aliphatic hydroxyl groups excluding tert-OH is 1. The lowest BCUT2D eigenvalue weighted by Crippen LogP contribution is -2.45. The number of aromatic nitrogens is 1. The summed E-state index contributed by atoms with van der Waals surface area (Å²) in [7, 11) is 0. The second-order valence-electron chi connectivity index (χ2n) is 6.36. The van der Waals surface area contributed by atoms with E-state index in [1.165, 1.54) is 24.3 Å². The Morgan fingerprint density at radius 3 is 3.00 bits per heavy atom. The number of carbonyl (C=O) groups is 1. The van der Waals surface area contributed by atoms with Crippen LogP contribution in [0.2, 0.25) is 0 Å². The van der Waals surface area contributed by atoms with Gasteiger partial charge in [0.05, 0.1) is 17.7 Å². The predicted molar refractivity (Wildman–Crippen MR) is 93.2 cm³/mol. The molecule has 25 heavy (non-hydrogen) atoms. The molecule has 0 saturated carbocycles. The lowest BCUT2D eigenvalue weighted by atomic mass is 10.0. The first kappa shape index (κ1) is 17.6. The van der Waals surface area contributed by atoms with Gasteiger partial charge in [0.1, 0.15) is 5.82 Å². The molecular formula is C18H22FN3O3. The van der Waals surface area contributed by atoms with Crippen molar-refractivity contribution in [3.8, 4) is 0 Å². The number of aromatic amines is 1. The summed E-state index contributed by atoms with van der Waals surface area (Å²) in [6.07, 6.45) is 3.17. The van der Waals surface area contributed by atoms with E-state index in [-0.39, 0.29) is 24.1 Å². The van der Waals surface area contributed by atoms with Crippen molar-refractivity contribution in [2.24, 2.45) is 0 Å². The number of amides is 1. The Kier molecular flexibility index (Phi) is 5.45. The van der Waals surface area contributed by atoms with Crippen molar-refractivity contribution >= 4 is 16.8 Å². The molecule has 1 unspecified atom stereocenters. The molecule has 0 bridgehead atoms. The smallest absolute Gasteiger partial charge is 0.252 e. The van der Waals surface area contributed by atoms with E-state index in [1.807, 2.05) is 0 Å². The zero-order valence-corrected chi connectivity index (χ0v) is 13.9. The van der Waals surface area contributed by atoms with Crippen LogP contribution in [-0.4, -0.2) is 53.2 Å². The van der Waals surface area contributed by atoms with E-state index in [2.05, 4.69) is 15.2 Å². The van der Waals surface area contributed by atoms with Gasteiger partial charge in [-0.05, 0) is 37.6 Å². The molecule has 6 nitrogen and oxygen atoms in total. The number of nitrogens with zero attached hydrogens (tertiary/aromatic N) is 1. The molecule has 3 rings (SSSR count). The number of hydrogen-bond donors (Lipinski definition) is 3. The standard InChI is InChI=1S/C18H22FN3O3/c19-12-4-5-14-15(10-17(24)21-16(14)9-12)18(25)20-6-8-22-7-2-1-3-13(22)11-23/h4-5,9-10,13,23H,1-3,6-8,11H2,(H,20,25)(H,21,24). The van der Waals surface area contributed by atoms with Gasteiger partial charge in [0, 0.05) is 30.6 Å². The van der Waals surface area contributed by atoms with Crippen molar-refractivity contribution < 1.29 is 14.3 Å². The lowest BCUT2D eigenvalue weighted by Gasteiger charge is -2.34. The van der Waals surface area contributed by atoms with Gasteiger partial charge in [-0.1, -0.05) is 6.42 Å². The molecule has 134 valence electrons. The number of piperidine rings is 1. The molecule has 1 fully saturated rings. The van der Waals surface area contributed by atoms with Crippen molar-refractivity contribution in [1.29, 1.82) is 0 Å². The summed E-state index contributed by atoms with van der Waals surface area (Å²) in [4.78, 5) is 28.9. The van der Waals surface area contributed by atoms with Crippen LogP contribution in [0.25, 0.3) is 10.9 Å². The van der Waals surface area contributed by atoms with Crippen LogP contribution in [0.5, 0.6) is 0 Å². The van der Waals surface area contributed by atoms with Gasteiger partial charge >= 0.3 is 0 Å². The van der Waals surface area contributed by atoms with Crippen molar-refractivity contribution in [1.82, 2.24) is 15.2 Å². The molecule has 0 aliphatic carbocycles. The molecule has 1 aromatic heterocycles. The van der Waals surface area contributed by atoms with E-state index in [9.17, 15) is 19.1 Å². The third-order valence-electron chi connectivity index (χ3n) is 4.69. The first-order chi connectivity index (χ1) is 12.1. The molecule has 0 radical (unpaired) electrons. The summed E-state index contributed by atoms with van der Waals surface area (Å²) in [6.45, 7) is 2.10. The second kappa shape index (κ2) is 7.76. The quantitative estimate of drug-likeness (QED) is 0.760. The van der Waals surface area contributed by atoms with Crippen LogP contribution >= 0.6 is 0 Å². The van der Waals surface area contributed by atoms with Gasteiger partial charge in [-0.15, -0.1) is 0 Å². The number of nitrogens with one attached hydrogen (secondary N) is 2. The highest BCUT2D eigenvalue weighted by Crippen LogP contribution is 2.17. The van der Waals surface area contributed by atoms with Gasteiger partial charge in [-0.3, -0.25) is 14.5 Å². The van der Waals surface area contributed by atoms with E-state index >= 15 is 0 Å². The predicted octanol–water partition coefficient (Wildman–Crippen LogP) is 1.24. The van der Waals surface area contributed by atoms with Crippen molar-refractivity contribution in [2.45, 2.75) is 25.3 Å². The van der Waals surface area contributed by atoms with Crippen molar-refractivity contribution in [3.05, 3.63) is 46.0 Å². The fourth-order valence-corrected chi connectivity index (χ4v) is 3.39. The van der Waals surface area contributed by atoms with E-state index in [1.54, 1.807) is 0 Å². The van der Waals surface area contributed by atoms with Crippen LogP contribution < -0.4 is 10.9 Å². The molecule has 0 spiro atoms. The van der Waals surface area contributed by atoms with Gasteiger partial charge < -0.3 is 15.4 Å². The second-order valence-corrected chi connectivity index (χ2v) is 6.36. The highest BCUT2D eigenvalue weighted by molar-refractivity contribution is 6.05. The van der Waals surface area contributed by atoms with Crippen LogP contribution in [0.15, 0.2) is 29.1 Å². The van der Waals surface area contributed by atoms with Crippen LogP contribution in [0.3, 0.4) is 0 Å². The molecule has 1 aromatic carbocycles. The Morgan fingerprint density at radius 1 is 1.36 bits per heavy atom. The number of rotatable bonds is 5. The maximum Gasteiger partial charge on any atom is 0.252 e. The summed E-state index contributed by atoms with van der Waals surface area (Å²) in [5, 5.41) is 12.7. The van der Waals surface area contributed by atoms with E-state index in [4.69, 9.17) is 0 Å². The van der Waals surface area contributed by atoms with E-state index in [0.29, 0.717) is 24.0 Å². The molecule has 1 saturated heterocycles. The average molecular weight is 347 g/mol. The van der Waals surface area contributed by atoms with E-state index < -0.39 is 11.4 Å². The van der Waals surface area contributed by atoms with Gasteiger partial charge in [0.2, 0.25) is 5.56 Å². The minimum absolute atomic E-state index is 0.123. The maximum absolute atomic E-state index is 13.3. The Balaban J connectivity index is 1.69. The van der Waals surface area contributed by atoms with Crippen LogP contribution in [0, 0.1) is 5.82 Å². The molecule has 3 N–H and O–H groups in total. The third kappa shape index (κ3) is 4.05. The fraction of sp³-hybridized carbons (Fsp3) is 0.444. The number of fused-ring (bicyclic) bond motifs is 1. The van der Waals surface area contributed by atoms with E-state index in [0.717, 1.165) is 25.8 Å². The summed E-state index contributed by atoms with van der Waals surface area (Å²) >= 11 is 0. The van der Waals surface area contributed by atoms with Crippen LogP contribution in [-0.2, 0) is 0 Å². The summed E-state index contributed by atoms with van der Waals surface area (Å²) in [5.74, 6) is -0.832. The normalized spacial score (nSPS) is 18.4. The highest BCUT2D eigenvalue weighted by atomic mass is 19.1. The van der Waals surface area contributed by atoms with Gasteiger partial charge in [-0.25, -0.2) is 4.39 Å². The summed E-state index contributed by atoms with van der Waals surface area (Å²) in [5.41, 5.74) is 0.0877. The van der Waals surface area contributed by atoms with Crippen molar-refractivity contribution in [2.75, 3.05) is 26.2 Å². The van der Waals surface area contributed by atoms with Crippen LogP contribution in [0.4, 0.5) is 4.39 Å². The maximum atomic E-state index is 13.3. The number of benzene rings is 1. The Bertz CT molecular complexity index is 821. The molecule has 1 atom stereocenters. The minimum Gasteiger partial charge on any atom is -0.395 e. The van der Waals surface area contributed by atoms with Crippen LogP contribution in [0.1, 0.15) is 29.6 Å². The molecular weight excluding hydrogens is 325 g/mol. The van der Waals surface area contributed by atoms with Crippen molar-refractivity contribution in [3.63, 3.8) is 0 Å². The number of halogens is 1. The first-order valence-electron chi connectivity index (χ1n) is 8.54. The fourth-order valence-electron chi connectivity index (χ4n) is 3.39. The number of aliphatic hydroxyl groups is 1. The third-order valence-corrected chi connectivity index (χ3v) is 4.69. The topological polar surface area (TPSA) is 85.4 Å². The zero-order valence-electron chi connectivity index (χ0n) is 13.9. The molecule has 2 heterocycles. The summed E-state index contributed by atoms with van der Waals surface area (Å²) in [6, 6.07) is 5.33. The number of likely N-dealkylation sites (tertiary alicyclic amines) is 1. The molecule has 2 aromatic rings. The number of pyridine rings is 1. The van der Waals surface area contributed by atoms with Gasteiger partial charge in [0.25, 0.3) is 5.91 Å². The largest absolute Gasteiger partial charge is 0.395 e. The number of hydrogen-bond acceptors (Lipinski definition) is 4. The monoisotopic (exact) mass is 347 g/mol. The molecule has 7 heteroatoms. The lowest BCUT2D eigenvalue weighted by molar-refractivity contribution is 0.0850.